The number of nitrogens with zero attached hydrogens (tertiary/aromatic N) is 1. The number of halogens is 1. The van der Waals surface area contributed by atoms with Crippen molar-refractivity contribution in [3.05, 3.63) is 28.7 Å². The zero-order valence-corrected chi connectivity index (χ0v) is 17.5. The highest BCUT2D eigenvalue weighted by molar-refractivity contribution is 9.10. The molecule has 0 aromatic heterocycles. The molecule has 1 aliphatic carbocycles. The monoisotopic (exact) mass is 409 g/mol. The third-order valence-electron chi connectivity index (χ3n) is 6.24. The van der Waals surface area contributed by atoms with Gasteiger partial charge < -0.3 is 0 Å². The van der Waals surface area contributed by atoms with Crippen LogP contribution >= 0.6 is 27.7 Å². The lowest BCUT2D eigenvalue weighted by Crippen LogP contribution is -2.48. The molecule has 1 aromatic rings. The summed E-state index contributed by atoms with van der Waals surface area (Å²) >= 11 is 5.39. The van der Waals surface area contributed by atoms with E-state index in [9.17, 15) is 4.79 Å². The molecule has 1 unspecified atom stereocenters. The highest BCUT2D eigenvalue weighted by Gasteiger charge is 2.53. The molecule has 1 atom stereocenters. The maximum absolute atomic E-state index is 12.9. The van der Waals surface area contributed by atoms with Crippen LogP contribution in [0.25, 0.3) is 0 Å². The normalized spacial score (nSPS) is 31.0. The number of rotatable bonds is 3. The minimum Gasteiger partial charge on any atom is -0.296 e. The topological polar surface area (TPSA) is 20.3 Å². The van der Waals surface area contributed by atoms with Gasteiger partial charge in [-0.1, -0.05) is 43.1 Å². The minimum absolute atomic E-state index is 0.0371. The van der Waals surface area contributed by atoms with Gasteiger partial charge in [0, 0.05) is 10.2 Å². The second kappa shape index (κ2) is 6.68. The molecule has 132 valence electrons. The first-order valence-electron chi connectivity index (χ1n) is 9.06. The Morgan fingerprint density at radius 2 is 1.83 bits per heavy atom. The van der Waals surface area contributed by atoms with Crippen molar-refractivity contribution in [3.63, 3.8) is 0 Å². The molecule has 1 aromatic carbocycles. The summed E-state index contributed by atoms with van der Waals surface area (Å²) in [6, 6.07) is 8.22. The Morgan fingerprint density at radius 3 is 2.38 bits per heavy atom. The van der Waals surface area contributed by atoms with Crippen LogP contribution in [-0.2, 0) is 4.79 Å². The standard InChI is InChI=1S/C20H28BrNOS/c1-5-19(3,4)15-10-12-20(13-11-15)22(18(23)14(2)24-20)17-8-6-16(21)7-9-17/h6-9,14-15H,5,10-13H2,1-4H3. The number of hydrogen-bond donors (Lipinski definition) is 0. The van der Waals surface area contributed by atoms with Gasteiger partial charge >= 0.3 is 0 Å². The van der Waals surface area contributed by atoms with Crippen LogP contribution in [-0.4, -0.2) is 16.0 Å². The van der Waals surface area contributed by atoms with Crippen molar-refractivity contribution in [2.45, 2.75) is 69.9 Å². The smallest absolute Gasteiger partial charge is 0.241 e. The zero-order valence-electron chi connectivity index (χ0n) is 15.1. The summed E-state index contributed by atoms with van der Waals surface area (Å²) in [5, 5.41) is 0.0596. The van der Waals surface area contributed by atoms with E-state index in [1.807, 2.05) is 23.9 Å². The number of hydrogen-bond acceptors (Lipinski definition) is 2. The molecular weight excluding hydrogens is 382 g/mol. The number of thioether (sulfide) groups is 1. The lowest BCUT2D eigenvalue weighted by molar-refractivity contribution is -0.118. The maximum atomic E-state index is 12.9. The fourth-order valence-corrected chi connectivity index (χ4v) is 6.15. The fraction of sp³-hybridized carbons (Fsp3) is 0.650. The zero-order chi connectivity index (χ0) is 17.5. The Hall–Kier alpha value is -0.480. The predicted molar refractivity (Wildman–Crippen MR) is 107 cm³/mol. The summed E-state index contributed by atoms with van der Waals surface area (Å²) in [6.45, 7) is 9.17. The summed E-state index contributed by atoms with van der Waals surface area (Å²) in [6.07, 6.45) is 5.89. The number of benzene rings is 1. The van der Waals surface area contributed by atoms with Crippen molar-refractivity contribution >= 4 is 39.3 Å². The molecule has 0 N–H and O–H groups in total. The molecule has 2 nitrogen and oxygen atoms in total. The molecule has 1 saturated carbocycles. The lowest BCUT2D eigenvalue weighted by atomic mass is 9.68. The average molecular weight is 410 g/mol. The molecule has 1 aliphatic heterocycles. The highest BCUT2D eigenvalue weighted by atomic mass is 79.9. The molecule has 4 heteroatoms. The molecule has 1 spiro atoms. The van der Waals surface area contributed by atoms with Gasteiger partial charge in [0.05, 0.1) is 10.1 Å². The second-order valence-electron chi connectivity index (χ2n) is 7.97. The van der Waals surface area contributed by atoms with E-state index in [0.717, 1.165) is 28.9 Å². The van der Waals surface area contributed by atoms with Gasteiger partial charge in [0.2, 0.25) is 5.91 Å². The summed E-state index contributed by atoms with van der Waals surface area (Å²) in [5.74, 6) is 1.04. The van der Waals surface area contributed by atoms with Crippen molar-refractivity contribution in [1.29, 1.82) is 0 Å². The van der Waals surface area contributed by atoms with Crippen LogP contribution in [0.5, 0.6) is 0 Å². The van der Waals surface area contributed by atoms with Crippen LogP contribution in [0.4, 0.5) is 5.69 Å². The van der Waals surface area contributed by atoms with E-state index in [-0.39, 0.29) is 16.0 Å². The van der Waals surface area contributed by atoms with Gasteiger partial charge in [0.15, 0.2) is 0 Å². The van der Waals surface area contributed by atoms with Crippen LogP contribution in [0.1, 0.15) is 59.8 Å². The van der Waals surface area contributed by atoms with Gasteiger partial charge in [-0.3, -0.25) is 9.69 Å². The van der Waals surface area contributed by atoms with E-state index < -0.39 is 0 Å². The van der Waals surface area contributed by atoms with E-state index in [2.05, 4.69) is 60.7 Å². The lowest BCUT2D eigenvalue weighted by Gasteiger charge is -2.46. The van der Waals surface area contributed by atoms with Crippen molar-refractivity contribution in [2.75, 3.05) is 4.90 Å². The van der Waals surface area contributed by atoms with E-state index in [1.165, 1.54) is 19.3 Å². The van der Waals surface area contributed by atoms with Crippen molar-refractivity contribution in [3.8, 4) is 0 Å². The molecule has 24 heavy (non-hydrogen) atoms. The van der Waals surface area contributed by atoms with Crippen LogP contribution < -0.4 is 4.90 Å². The van der Waals surface area contributed by atoms with Gasteiger partial charge in [-0.15, -0.1) is 11.8 Å². The van der Waals surface area contributed by atoms with Crippen molar-refractivity contribution in [2.24, 2.45) is 11.3 Å². The molecule has 1 saturated heterocycles. The average Bonchev–Trinajstić information content (AvgIpc) is 2.79. The molecule has 1 heterocycles. The Bertz CT molecular complexity index is 605. The molecule has 1 amide bonds. The minimum atomic E-state index is -0.0371. The van der Waals surface area contributed by atoms with Gasteiger partial charge in [0.25, 0.3) is 0 Å². The molecule has 2 fully saturated rings. The van der Waals surface area contributed by atoms with Crippen molar-refractivity contribution < 1.29 is 4.79 Å². The van der Waals surface area contributed by atoms with Crippen LogP contribution in [0, 0.1) is 11.3 Å². The number of carbonyl (C=O) groups excluding carboxylic acids is 1. The summed E-state index contributed by atoms with van der Waals surface area (Å²) in [4.78, 5) is 15.0. The van der Waals surface area contributed by atoms with Crippen LogP contribution in [0.3, 0.4) is 0 Å². The van der Waals surface area contributed by atoms with Crippen LogP contribution in [0.15, 0.2) is 28.7 Å². The largest absolute Gasteiger partial charge is 0.296 e. The Labute approximate surface area is 158 Å². The van der Waals surface area contributed by atoms with E-state index in [0.29, 0.717) is 5.41 Å². The summed E-state index contributed by atoms with van der Waals surface area (Å²) in [7, 11) is 0. The quantitative estimate of drug-likeness (QED) is 0.588. The predicted octanol–water partition coefficient (Wildman–Crippen LogP) is 6.24. The molecule has 0 bridgehead atoms. The Balaban J connectivity index is 1.86. The third-order valence-corrected chi connectivity index (χ3v) is 8.35. The van der Waals surface area contributed by atoms with Crippen molar-refractivity contribution in [1.82, 2.24) is 0 Å². The Morgan fingerprint density at radius 1 is 1.25 bits per heavy atom. The highest BCUT2D eigenvalue weighted by Crippen LogP contribution is 2.55. The van der Waals surface area contributed by atoms with Gasteiger partial charge in [-0.25, -0.2) is 0 Å². The van der Waals surface area contributed by atoms with Crippen LogP contribution in [0.2, 0.25) is 0 Å². The first kappa shape index (κ1) is 18.3. The Kier molecular flexibility index (Phi) is 5.10. The molecular formula is C20H28BrNOS. The SMILES string of the molecule is CCC(C)(C)C1CCC2(CC1)SC(C)C(=O)N2c1ccc(Br)cc1. The maximum Gasteiger partial charge on any atom is 0.241 e. The first-order chi connectivity index (χ1) is 11.3. The van der Waals surface area contributed by atoms with Gasteiger partial charge in [-0.05, 0) is 68.2 Å². The van der Waals surface area contributed by atoms with E-state index in [1.54, 1.807) is 0 Å². The molecule has 2 aliphatic rings. The molecule has 3 rings (SSSR count). The van der Waals surface area contributed by atoms with E-state index in [4.69, 9.17) is 0 Å². The first-order valence-corrected chi connectivity index (χ1v) is 10.7. The number of carbonyl (C=O) groups is 1. The summed E-state index contributed by atoms with van der Waals surface area (Å²) in [5.41, 5.74) is 1.46. The summed E-state index contributed by atoms with van der Waals surface area (Å²) < 4.78 is 1.06. The van der Waals surface area contributed by atoms with Gasteiger partial charge in [-0.2, -0.15) is 0 Å². The fourth-order valence-electron chi connectivity index (χ4n) is 4.25. The second-order valence-corrected chi connectivity index (χ2v) is 10.6. The number of amides is 1. The number of anilines is 1. The third kappa shape index (κ3) is 3.16. The molecule has 0 radical (unpaired) electrons. The van der Waals surface area contributed by atoms with Gasteiger partial charge in [0.1, 0.15) is 0 Å². The van der Waals surface area contributed by atoms with E-state index >= 15 is 0 Å².